The maximum Gasteiger partial charge on any atom is 0.306 e. The number of halogens is 2. The van der Waals surface area contributed by atoms with E-state index >= 15 is 0 Å². The average molecular weight is 431 g/mol. The molecule has 11 heteroatoms. The summed E-state index contributed by atoms with van der Waals surface area (Å²) in [6.45, 7) is 1.32. The van der Waals surface area contributed by atoms with Crippen molar-refractivity contribution in [3.8, 4) is 0 Å². The first kappa shape index (κ1) is 21.1. The molecule has 0 fully saturated rings. The molecular weight excluding hydrogens is 415 g/mol. The highest BCUT2D eigenvalue weighted by molar-refractivity contribution is 7.15. The van der Waals surface area contributed by atoms with E-state index in [-0.39, 0.29) is 30.2 Å². The smallest absolute Gasteiger partial charge is 0.306 e. The van der Waals surface area contributed by atoms with Crippen molar-refractivity contribution in [1.29, 1.82) is 0 Å². The van der Waals surface area contributed by atoms with Gasteiger partial charge in [-0.15, -0.1) is 10.2 Å². The fourth-order valence-corrected chi connectivity index (χ4v) is 2.88. The molecule has 2 N–H and O–H groups in total. The van der Waals surface area contributed by atoms with Crippen molar-refractivity contribution in [2.24, 2.45) is 0 Å². The number of anilines is 2. The van der Waals surface area contributed by atoms with Gasteiger partial charge in [0.15, 0.2) is 6.61 Å². The number of nitrogens with zero attached hydrogens (tertiary/aromatic N) is 2. The average Bonchev–Trinajstić information content (AvgIpc) is 3.02. The van der Waals surface area contributed by atoms with Crippen LogP contribution < -0.4 is 10.6 Å². The molecule has 2 rings (SSSR count). The highest BCUT2D eigenvalue weighted by Gasteiger charge is 2.12. The molecule has 1 aromatic carbocycles. The molecule has 0 unspecified atom stereocenters. The number of nitrogens with one attached hydrogen (secondary N) is 2. The van der Waals surface area contributed by atoms with Gasteiger partial charge in [-0.25, -0.2) is 0 Å². The molecule has 0 spiro atoms. The van der Waals surface area contributed by atoms with Crippen LogP contribution in [0.3, 0.4) is 0 Å². The van der Waals surface area contributed by atoms with Gasteiger partial charge in [0.05, 0.1) is 15.7 Å². The molecule has 0 radical (unpaired) electrons. The van der Waals surface area contributed by atoms with Crippen LogP contribution in [0.25, 0.3) is 0 Å². The third-order valence-electron chi connectivity index (χ3n) is 3.15. The predicted molar refractivity (Wildman–Crippen MR) is 103 cm³/mol. The van der Waals surface area contributed by atoms with Crippen LogP contribution in [0.5, 0.6) is 0 Å². The van der Waals surface area contributed by atoms with Gasteiger partial charge in [-0.3, -0.25) is 14.4 Å². The van der Waals surface area contributed by atoms with Crippen LogP contribution in [0.1, 0.15) is 24.3 Å². The van der Waals surface area contributed by atoms with Crippen molar-refractivity contribution in [2.75, 3.05) is 17.2 Å². The summed E-state index contributed by atoms with van der Waals surface area (Å²) in [5.74, 6) is -1.40. The Bertz CT molecular complexity index is 844. The molecular formula is C16H16Cl2N4O4S. The minimum atomic E-state index is -0.582. The lowest BCUT2D eigenvalue weighted by atomic mass is 10.2. The van der Waals surface area contributed by atoms with Gasteiger partial charge < -0.3 is 15.4 Å². The molecule has 144 valence electrons. The molecule has 8 nitrogen and oxygen atoms in total. The molecule has 2 aromatic rings. The van der Waals surface area contributed by atoms with E-state index in [9.17, 15) is 14.4 Å². The number of aromatic nitrogens is 2. The summed E-state index contributed by atoms with van der Waals surface area (Å²) in [5.41, 5.74) is 0.328. The Morgan fingerprint density at radius 2 is 1.89 bits per heavy atom. The van der Waals surface area contributed by atoms with Crippen molar-refractivity contribution >= 4 is 63.1 Å². The van der Waals surface area contributed by atoms with E-state index in [2.05, 4.69) is 20.8 Å². The minimum Gasteiger partial charge on any atom is -0.456 e. The monoisotopic (exact) mass is 430 g/mol. The van der Waals surface area contributed by atoms with Gasteiger partial charge in [-0.1, -0.05) is 40.6 Å². The SMILES string of the molecule is Cc1nnc(NC(=O)CCCC(=O)OCC(=O)Nc2cccc(Cl)c2Cl)s1. The van der Waals surface area contributed by atoms with Crippen molar-refractivity contribution in [2.45, 2.75) is 26.2 Å². The lowest BCUT2D eigenvalue weighted by molar-refractivity contribution is -0.147. The number of hydrogen-bond donors (Lipinski definition) is 2. The summed E-state index contributed by atoms with van der Waals surface area (Å²) in [7, 11) is 0. The number of rotatable bonds is 8. The summed E-state index contributed by atoms with van der Waals surface area (Å²) in [6, 6.07) is 4.79. The Labute approximate surface area is 169 Å². The maximum atomic E-state index is 11.8. The number of carbonyl (C=O) groups is 3. The lowest BCUT2D eigenvalue weighted by Crippen LogP contribution is -2.21. The summed E-state index contributed by atoms with van der Waals surface area (Å²) in [5, 5.41) is 14.3. The Hall–Kier alpha value is -2.23. The topological polar surface area (TPSA) is 110 Å². The standard InChI is InChI=1S/C16H16Cl2N4O4S/c1-9-21-22-16(27-9)20-12(23)6-3-7-14(25)26-8-13(24)19-11-5-2-4-10(17)15(11)18/h2,4-5H,3,6-8H2,1H3,(H,19,24)(H,20,22,23). The van der Waals surface area contributed by atoms with Crippen LogP contribution in [0.4, 0.5) is 10.8 Å². The van der Waals surface area contributed by atoms with E-state index in [1.54, 1.807) is 25.1 Å². The number of aryl methyl sites for hydroxylation is 1. The second kappa shape index (κ2) is 10.2. The molecule has 0 saturated heterocycles. The zero-order valence-corrected chi connectivity index (χ0v) is 16.6. The molecule has 1 heterocycles. The van der Waals surface area contributed by atoms with Crippen LogP contribution in [-0.2, 0) is 19.1 Å². The molecule has 27 heavy (non-hydrogen) atoms. The van der Waals surface area contributed by atoms with Gasteiger partial charge in [0.1, 0.15) is 5.01 Å². The van der Waals surface area contributed by atoms with Crippen molar-refractivity contribution < 1.29 is 19.1 Å². The molecule has 0 atom stereocenters. The second-order valence-corrected chi connectivity index (χ2v) is 7.31. The normalized spacial score (nSPS) is 10.3. The molecule has 1 aromatic heterocycles. The van der Waals surface area contributed by atoms with E-state index < -0.39 is 18.5 Å². The molecule has 0 aliphatic heterocycles. The van der Waals surface area contributed by atoms with Gasteiger partial charge in [-0.2, -0.15) is 0 Å². The van der Waals surface area contributed by atoms with Crippen LogP contribution in [0.15, 0.2) is 18.2 Å². The number of esters is 1. The first-order valence-corrected chi connectivity index (χ1v) is 9.42. The zero-order valence-electron chi connectivity index (χ0n) is 14.3. The van der Waals surface area contributed by atoms with Crippen molar-refractivity contribution in [3.63, 3.8) is 0 Å². The molecule has 0 aliphatic carbocycles. The largest absolute Gasteiger partial charge is 0.456 e. The summed E-state index contributed by atoms with van der Waals surface area (Å²) in [4.78, 5) is 35.2. The molecule has 0 aliphatic rings. The highest BCUT2D eigenvalue weighted by atomic mass is 35.5. The van der Waals surface area contributed by atoms with Gasteiger partial charge in [0.2, 0.25) is 11.0 Å². The summed E-state index contributed by atoms with van der Waals surface area (Å²) >= 11 is 13.1. The van der Waals surface area contributed by atoms with E-state index in [0.717, 1.165) is 5.01 Å². The fourth-order valence-electron chi connectivity index (χ4n) is 1.93. The zero-order chi connectivity index (χ0) is 19.8. The van der Waals surface area contributed by atoms with Crippen molar-refractivity contribution in [1.82, 2.24) is 10.2 Å². The maximum absolute atomic E-state index is 11.8. The van der Waals surface area contributed by atoms with Crippen LogP contribution in [0, 0.1) is 6.92 Å². The van der Waals surface area contributed by atoms with Gasteiger partial charge in [0, 0.05) is 12.8 Å². The van der Waals surface area contributed by atoms with Gasteiger partial charge >= 0.3 is 5.97 Å². The quantitative estimate of drug-likeness (QED) is 0.620. The predicted octanol–water partition coefficient (Wildman–Crippen LogP) is 3.44. The van der Waals surface area contributed by atoms with E-state index in [0.29, 0.717) is 15.8 Å². The Balaban J connectivity index is 1.64. The van der Waals surface area contributed by atoms with Gasteiger partial charge in [-0.05, 0) is 25.5 Å². The minimum absolute atomic E-state index is 0.00771. The van der Waals surface area contributed by atoms with E-state index in [1.165, 1.54) is 11.3 Å². The Morgan fingerprint density at radius 3 is 2.59 bits per heavy atom. The van der Waals surface area contributed by atoms with Crippen LogP contribution in [0.2, 0.25) is 10.0 Å². The number of benzene rings is 1. The number of amides is 2. The third-order valence-corrected chi connectivity index (χ3v) is 4.72. The molecule has 0 bridgehead atoms. The lowest BCUT2D eigenvalue weighted by Gasteiger charge is -2.08. The molecule has 2 amide bonds. The number of carbonyl (C=O) groups excluding carboxylic acids is 3. The number of ether oxygens (including phenoxy) is 1. The van der Waals surface area contributed by atoms with Crippen molar-refractivity contribution in [3.05, 3.63) is 33.3 Å². The van der Waals surface area contributed by atoms with Crippen LogP contribution >= 0.6 is 34.5 Å². The Kier molecular flexibility index (Phi) is 7.96. The highest BCUT2D eigenvalue weighted by Crippen LogP contribution is 2.29. The molecule has 0 saturated carbocycles. The Morgan fingerprint density at radius 1 is 1.11 bits per heavy atom. The van der Waals surface area contributed by atoms with E-state index in [4.69, 9.17) is 27.9 Å². The summed E-state index contributed by atoms with van der Waals surface area (Å²) in [6.07, 6.45) is 0.413. The fraction of sp³-hybridized carbons (Fsp3) is 0.312. The number of hydrogen-bond acceptors (Lipinski definition) is 7. The van der Waals surface area contributed by atoms with E-state index in [1.807, 2.05) is 0 Å². The van der Waals surface area contributed by atoms with Gasteiger partial charge in [0.25, 0.3) is 5.91 Å². The van der Waals surface area contributed by atoms with Crippen LogP contribution in [-0.4, -0.2) is 34.6 Å². The second-order valence-electron chi connectivity index (χ2n) is 5.34. The first-order chi connectivity index (χ1) is 12.8. The third kappa shape index (κ3) is 7.12. The summed E-state index contributed by atoms with van der Waals surface area (Å²) < 4.78 is 4.87. The first-order valence-electron chi connectivity index (χ1n) is 7.84.